The second kappa shape index (κ2) is 6.80. The fraction of sp³-hybridized carbons (Fsp3) is 0.909. The quantitative estimate of drug-likeness (QED) is 0.558. The molecule has 0 rings (SSSR count). The van der Waals surface area contributed by atoms with Crippen LogP contribution in [-0.4, -0.2) is 24.2 Å². The minimum Gasteiger partial charge on any atom is -0.396 e. The van der Waals surface area contributed by atoms with Gasteiger partial charge in [0.1, 0.15) is 0 Å². The van der Waals surface area contributed by atoms with Crippen molar-refractivity contribution in [1.82, 2.24) is 10.9 Å². The van der Waals surface area contributed by atoms with Gasteiger partial charge in [0, 0.05) is 25.0 Å². The molecule has 0 spiro atoms. The Hall–Kier alpha value is -0.610. The first-order valence-corrected chi connectivity index (χ1v) is 5.50. The lowest BCUT2D eigenvalue weighted by atomic mass is 9.95. The van der Waals surface area contributed by atoms with Crippen LogP contribution >= 0.6 is 0 Å². The SMILES string of the molecule is CC(C)CCC(=O)NNCC(C)(C)CO. The van der Waals surface area contributed by atoms with E-state index in [0.717, 1.165) is 6.42 Å². The van der Waals surface area contributed by atoms with Gasteiger partial charge in [0.2, 0.25) is 5.91 Å². The first-order valence-electron chi connectivity index (χ1n) is 5.50. The first-order chi connectivity index (χ1) is 6.87. The summed E-state index contributed by atoms with van der Waals surface area (Å²) >= 11 is 0. The molecule has 0 aromatic carbocycles. The van der Waals surface area contributed by atoms with E-state index in [1.54, 1.807) is 0 Å². The average molecular weight is 216 g/mol. The highest BCUT2D eigenvalue weighted by atomic mass is 16.3. The van der Waals surface area contributed by atoms with Gasteiger partial charge in [-0.1, -0.05) is 27.7 Å². The Balaban J connectivity index is 3.55. The minimum atomic E-state index is -0.203. The lowest BCUT2D eigenvalue weighted by Crippen LogP contribution is -2.43. The van der Waals surface area contributed by atoms with Crippen LogP contribution in [0.25, 0.3) is 0 Å². The molecule has 15 heavy (non-hydrogen) atoms. The molecule has 1 amide bonds. The van der Waals surface area contributed by atoms with Crippen molar-refractivity contribution in [2.24, 2.45) is 11.3 Å². The lowest BCUT2D eigenvalue weighted by molar-refractivity contribution is -0.122. The molecule has 0 saturated heterocycles. The van der Waals surface area contributed by atoms with Gasteiger partial charge in [0.15, 0.2) is 0 Å². The maximum atomic E-state index is 11.3. The predicted molar refractivity (Wildman–Crippen MR) is 61.1 cm³/mol. The average Bonchev–Trinajstić information content (AvgIpc) is 2.14. The van der Waals surface area contributed by atoms with Crippen LogP contribution in [0.15, 0.2) is 0 Å². The molecule has 0 bridgehead atoms. The number of carbonyl (C=O) groups excluding carboxylic acids is 1. The highest BCUT2D eigenvalue weighted by molar-refractivity contribution is 5.75. The number of amides is 1. The Morgan fingerprint density at radius 1 is 1.40 bits per heavy atom. The van der Waals surface area contributed by atoms with Crippen LogP contribution in [0.5, 0.6) is 0 Å². The molecular weight excluding hydrogens is 192 g/mol. The number of hydrazine groups is 1. The van der Waals surface area contributed by atoms with Gasteiger partial charge in [0.25, 0.3) is 0 Å². The summed E-state index contributed by atoms with van der Waals surface area (Å²) in [4.78, 5) is 11.3. The molecule has 0 atom stereocenters. The Morgan fingerprint density at radius 2 is 2.00 bits per heavy atom. The summed E-state index contributed by atoms with van der Waals surface area (Å²) in [6.07, 6.45) is 1.45. The Labute approximate surface area is 92.4 Å². The lowest BCUT2D eigenvalue weighted by Gasteiger charge is -2.22. The van der Waals surface area contributed by atoms with Gasteiger partial charge in [-0.05, 0) is 12.3 Å². The van der Waals surface area contributed by atoms with Crippen LogP contribution < -0.4 is 10.9 Å². The molecule has 0 heterocycles. The zero-order valence-corrected chi connectivity index (χ0v) is 10.3. The van der Waals surface area contributed by atoms with Gasteiger partial charge in [-0.15, -0.1) is 0 Å². The second-order valence-electron chi connectivity index (χ2n) is 5.16. The molecule has 3 N–H and O–H groups in total. The van der Waals surface area contributed by atoms with Crippen LogP contribution in [0.1, 0.15) is 40.5 Å². The minimum absolute atomic E-state index is 0.0115. The predicted octanol–water partition coefficient (Wildman–Crippen LogP) is 1.06. The highest BCUT2D eigenvalue weighted by Gasteiger charge is 2.15. The molecule has 0 radical (unpaired) electrons. The van der Waals surface area contributed by atoms with Crippen LogP contribution in [0.4, 0.5) is 0 Å². The molecule has 0 fully saturated rings. The molecule has 0 unspecified atom stereocenters. The summed E-state index contributed by atoms with van der Waals surface area (Å²) in [6.45, 7) is 8.71. The van der Waals surface area contributed by atoms with Crippen LogP contribution in [-0.2, 0) is 4.79 Å². The number of carbonyl (C=O) groups is 1. The molecule has 0 aliphatic carbocycles. The van der Waals surface area contributed by atoms with Gasteiger partial charge in [-0.3, -0.25) is 10.2 Å². The van der Waals surface area contributed by atoms with E-state index < -0.39 is 0 Å². The van der Waals surface area contributed by atoms with Gasteiger partial charge in [-0.2, -0.15) is 0 Å². The van der Waals surface area contributed by atoms with Gasteiger partial charge < -0.3 is 5.11 Å². The largest absolute Gasteiger partial charge is 0.396 e. The Kier molecular flexibility index (Phi) is 6.52. The zero-order valence-electron chi connectivity index (χ0n) is 10.3. The molecule has 0 aliphatic heterocycles. The second-order valence-corrected chi connectivity index (χ2v) is 5.16. The molecule has 0 saturated carbocycles. The number of rotatable bonds is 7. The number of nitrogens with one attached hydrogen (secondary N) is 2. The molecule has 4 nitrogen and oxygen atoms in total. The number of aliphatic hydroxyl groups excluding tert-OH is 1. The fourth-order valence-electron chi connectivity index (χ4n) is 0.920. The fourth-order valence-corrected chi connectivity index (χ4v) is 0.920. The zero-order chi connectivity index (χ0) is 11.9. The van der Waals surface area contributed by atoms with E-state index in [-0.39, 0.29) is 17.9 Å². The maximum absolute atomic E-state index is 11.3. The van der Waals surface area contributed by atoms with Gasteiger partial charge in [0.05, 0.1) is 0 Å². The van der Waals surface area contributed by atoms with Crippen molar-refractivity contribution in [2.45, 2.75) is 40.5 Å². The monoisotopic (exact) mass is 216 g/mol. The summed E-state index contributed by atoms with van der Waals surface area (Å²) in [6, 6.07) is 0. The summed E-state index contributed by atoms with van der Waals surface area (Å²) in [5.41, 5.74) is 5.27. The molecule has 0 aromatic rings. The number of hydrogen-bond acceptors (Lipinski definition) is 3. The van der Waals surface area contributed by atoms with Crippen molar-refractivity contribution < 1.29 is 9.90 Å². The topological polar surface area (TPSA) is 61.4 Å². The summed E-state index contributed by atoms with van der Waals surface area (Å²) in [5, 5.41) is 8.98. The van der Waals surface area contributed by atoms with E-state index in [0.29, 0.717) is 18.9 Å². The number of hydrogen-bond donors (Lipinski definition) is 3. The third-order valence-corrected chi connectivity index (χ3v) is 2.17. The van der Waals surface area contributed by atoms with E-state index in [2.05, 4.69) is 24.7 Å². The van der Waals surface area contributed by atoms with Crippen molar-refractivity contribution in [3.05, 3.63) is 0 Å². The van der Waals surface area contributed by atoms with Crippen molar-refractivity contribution in [2.75, 3.05) is 13.2 Å². The summed E-state index contributed by atoms with van der Waals surface area (Å²) < 4.78 is 0. The maximum Gasteiger partial charge on any atom is 0.234 e. The molecule has 0 aromatic heterocycles. The molecule has 4 heteroatoms. The molecule has 90 valence electrons. The van der Waals surface area contributed by atoms with Crippen molar-refractivity contribution in [1.29, 1.82) is 0 Å². The third kappa shape index (κ3) is 8.39. The van der Waals surface area contributed by atoms with Crippen LogP contribution in [0, 0.1) is 11.3 Å². The first kappa shape index (κ1) is 14.4. The third-order valence-electron chi connectivity index (χ3n) is 2.17. The van der Waals surface area contributed by atoms with E-state index in [4.69, 9.17) is 5.11 Å². The number of aliphatic hydroxyl groups is 1. The summed E-state index contributed by atoms with van der Waals surface area (Å²) in [7, 11) is 0. The van der Waals surface area contributed by atoms with Crippen LogP contribution in [0.2, 0.25) is 0 Å². The van der Waals surface area contributed by atoms with Gasteiger partial charge >= 0.3 is 0 Å². The summed E-state index contributed by atoms with van der Waals surface area (Å²) in [5.74, 6) is 0.557. The molecular formula is C11H24N2O2. The Morgan fingerprint density at radius 3 is 2.47 bits per heavy atom. The highest BCUT2D eigenvalue weighted by Crippen LogP contribution is 2.10. The molecule has 0 aliphatic rings. The standard InChI is InChI=1S/C11H24N2O2/c1-9(2)5-6-10(15)13-12-7-11(3,4)8-14/h9,12,14H,5-8H2,1-4H3,(H,13,15). The van der Waals surface area contributed by atoms with Crippen molar-refractivity contribution in [3.8, 4) is 0 Å². The smallest absolute Gasteiger partial charge is 0.234 e. The van der Waals surface area contributed by atoms with Crippen molar-refractivity contribution in [3.63, 3.8) is 0 Å². The Bertz CT molecular complexity index is 191. The van der Waals surface area contributed by atoms with E-state index in [9.17, 15) is 4.79 Å². The van der Waals surface area contributed by atoms with E-state index in [1.807, 2.05) is 13.8 Å². The van der Waals surface area contributed by atoms with Crippen molar-refractivity contribution >= 4 is 5.91 Å². The van der Waals surface area contributed by atoms with E-state index in [1.165, 1.54) is 0 Å². The van der Waals surface area contributed by atoms with Crippen LogP contribution in [0.3, 0.4) is 0 Å². The normalized spacial score (nSPS) is 11.9. The van der Waals surface area contributed by atoms with E-state index >= 15 is 0 Å². The van der Waals surface area contributed by atoms with Gasteiger partial charge in [-0.25, -0.2) is 5.43 Å².